The van der Waals surface area contributed by atoms with Gasteiger partial charge in [0.25, 0.3) is 5.91 Å². The van der Waals surface area contributed by atoms with E-state index in [1.54, 1.807) is 44.4 Å². The molecule has 0 saturated carbocycles. The summed E-state index contributed by atoms with van der Waals surface area (Å²) in [6.45, 7) is 7.79. The highest BCUT2D eigenvalue weighted by Gasteiger charge is 2.49. The molecule has 0 aliphatic carbocycles. The maximum atomic E-state index is 13.1. The van der Waals surface area contributed by atoms with Crippen LogP contribution >= 0.6 is 0 Å². The summed E-state index contributed by atoms with van der Waals surface area (Å²) in [5, 5.41) is 5.54. The lowest BCUT2D eigenvalue weighted by Crippen LogP contribution is -2.43. The first-order valence-electron chi connectivity index (χ1n) is 11.2. The van der Waals surface area contributed by atoms with Crippen LogP contribution in [0.15, 0.2) is 42.5 Å². The van der Waals surface area contributed by atoms with Crippen LogP contribution in [0.5, 0.6) is 17.2 Å². The highest BCUT2D eigenvalue weighted by molar-refractivity contribution is 6.09. The summed E-state index contributed by atoms with van der Waals surface area (Å²) in [5.74, 6) is 0.902. The number of nitrogens with zero attached hydrogens (tertiary/aromatic N) is 1. The molecular formula is C25H31N3O6. The van der Waals surface area contributed by atoms with E-state index < -0.39 is 29.9 Å². The molecule has 1 heterocycles. The Bertz CT molecular complexity index is 1060. The Labute approximate surface area is 199 Å². The lowest BCUT2D eigenvalue weighted by Gasteiger charge is -2.23. The molecule has 2 N–H and O–H groups in total. The average Bonchev–Trinajstić information content (AvgIpc) is 3.04. The second-order valence-corrected chi connectivity index (χ2v) is 8.04. The number of rotatable bonds is 10. The van der Waals surface area contributed by atoms with Crippen molar-refractivity contribution in [2.24, 2.45) is 0 Å². The van der Waals surface area contributed by atoms with Crippen LogP contribution in [0.25, 0.3) is 0 Å². The number of hydrogen-bond donors (Lipinski definition) is 2. The number of carbonyl (C=O) groups excluding carboxylic acids is 3. The summed E-state index contributed by atoms with van der Waals surface area (Å²) in [4.78, 5) is 39.3. The van der Waals surface area contributed by atoms with Gasteiger partial charge in [-0.3, -0.25) is 14.5 Å². The second kappa shape index (κ2) is 10.5. The Hall–Kier alpha value is -3.75. The SMILES string of the molecule is CCOc1ccc([C@@H](C)NC(=O)CN2C(=O)N[C@](C)(c3ccc(OC)cc3)C2=O)cc1OCC. The summed E-state index contributed by atoms with van der Waals surface area (Å²) in [6, 6.07) is 11.3. The van der Waals surface area contributed by atoms with Gasteiger partial charge in [-0.25, -0.2) is 4.79 Å². The van der Waals surface area contributed by atoms with Gasteiger partial charge in [0, 0.05) is 0 Å². The van der Waals surface area contributed by atoms with Gasteiger partial charge in [0.15, 0.2) is 11.5 Å². The van der Waals surface area contributed by atoms with Crippen molar-refractivity contribution in [1.29, 1.82) is 0 Å². The van der Waals surface area contributed by atoms with Crippen LogP contribution in [0.1, 0.15) is 44.9 Å². The van der Waals surface area contributed by atoms with E-state index in [1.165, 1.54) is 0 Å². The molecule has 2 aromatic carbocycles. The van der Waals surface area contributed by atoms with E-state index in [4.69, 9.17) is 14.2 Å². The summed E-state index contributed by atoms with van der Waals surface area (Å²) >= 11 is 0. The van der Waals surface area contributed by atoms with Crippen LogP contribution in [0, 0.1) is 0 Å². The predicted molar refractivity (Wildman–Crippen MR) is 126 cm³/mol. The van der Waals surface area contributed by atoms with Gasteiger partial charge in [0.1, 0.15) is 17.8 Å². The van der Waals surface area contributed by atoms with Crippen LogP contribution < -0.4 is 24.8 Å². The molecule has 0 unspecified atom stereocenters. The highest BCUT2D eigenvalue weighted by atomic mass is 16.5. The number of methoxy groups -OCH3 is 1. The largest absolute Gasteiger partial charge is 0.497 e. The summed E-state index contributed by atoms with van der Waals surface area (Å²) < 4.78 is 16.4. The Morgan fingerprint density at radius 2 is 1.71 bits per heavy atom. The number of amides is 4. The molecule has 2 aromatic rings. The molecule has 1 saturated heterocycles. The van der Waals surface area contributed by atoms with Gasteiger partial charge in [-0.15, -0.1) is 0 Å². The number of benzene rings is 2. The Balaban J connectivity index is 1.69. The molecule has 0 aromatic heterocycles. The lowest BCUT2D eigenvalue weighted by atomic mass is 9.92. The molecule has 0 spiro atoms. The molecule has 0 radical (unpaired) electrons. The first-order valence-corrected chi connectivity index (χ1v) is 11.2. The smallest absolute Gasteiger partial charge is 0.325 e. The minimum Gasteiger partial charge on any atom is -0.497 e. The monoisotopic (exact) mass is 469 g/mol. The fourth-order valence-corrected chi connectivity index (χ4v) is 3.81. The zero-order chi connectivity index (χ0) is 24.9. The lowest BCUT2D eigenvalue weighted by molar-refractivity contribution is -0.135. The van der Waals surface area contributed by atoms with Crippen molar-refractivity contribution in [1.82, 2.24) is 15.5 Å². The van der Waals surface area contributed by atoms with Crippen LogP contribution in [-0.2, 0) is 15.1 Å². The first-order chi connectivity index (χ1) is 16.2. The Morgan fingerprint density at radius 3 is 2.32 bits per heavy atom. The van der Waals surface area contributed by atoms with Crippen molar-refractivity contribution < 1.29 is 28.6 Å². The number of nitrogens with one attached hydrogen (secondary N) is 2. The van der Waals surface area contributed by atoms with Crippen LogP contribution in [0.3, 0.4) is 0 Å². The number of carbonyl (C=O) groups is 3. The Kier molecular flexibility index (Phi) is 7.65. The highest BCUT2D eigenvalue weighted by Crippen LogP contribution is 2.32. The molecule has 9 heteroatoms. The van der Waals surface area contributed by atoms with Crippen molar-refractivity contribution in [3.63, 3.8) is 0 Å². The van der Waals surface area contributed by atoms with E-state index in [-0.39, 0.29) is 6.04 Å². The summed E-state index contributed by atoms with van der Waals surface area (Å²) in [7, 11) is 1.55. The fraction of sp³-hybridized carbons (Fsp3) is 0.400. The fourth-order valence-electron chi connectivity index (χ4n) is 3.81. The average molecular weight is 470 g/mol. The van der Waals surface area contributed by atoms with Gasteiger partial charge < -0.3 is 24.8 Å². The predicted octanol–water partition coefficient (Wildman–Crippen LogP) is 3.14. The third kappa shape index (κ3) is 5.08. The zero-order valence-corrected chi connectivity index (χ0v) is 20.1. The van der Waals surface area contributed by atoms with Crippen molar-refractivity contribution in [2.45, 2.75) is 39.3 Å². The van der Waals surface area contributed by atoms with Gasteiger partial charge in [-0.1, -0.05) is 18.2 Å². The summed E-state index contributed by atoms with van der Waals surface area (Å²) in [6.07, 6.45) is 0. The Morgan fingerprint density at radius 1 is 1.06 bits per heavy atom. The minimum absolute atomic E-state index is 0.379. The minimum atomic E-state index is -1.27. The molecule has 34 heavy (non-hydrogen) atoms. The summed E-state index contributed by atoms with van der Waals surface area (Å²) in [5.41, 5.74) is 0.137. The molecule has 2 atom stereocenters. The van der Waals surface area contributed by atoms with Crippen molar-refractivity contribution in [3.05, 3.63) is 53.6 Å². The van der Waals surface area contributed by atoms with E-state index in [9.17, 15) is 14.4 Å². The van der Waals surface area contributed by atoms with Crippen molar-refractivity contribution >= 4 is 17.8 Å². The zero-order valence-electron chi connectivity index (χ0n) is 20.1. The molecule has 0 bridgehead atoms. The third-order valence-corrected chi connectivity index (χ3v) is 5.69. The number of urea groups is 1. The van der Waals surface area contributed by atoms with E-state index >= 15 is 0 Å². The van der Waals surface area contributed by atoms with E-state index in [0.717, 1.165) is 10.5 Å². The quantitative estimate of drug-likeness (QED) is 0.518. The second-order valence-electron chi connectivity index (χ2n) is 8.04. The van der Waals surface area contributed by atoms with Gasteiger partial charge in [-0.2, -0.15) is 0 Å². The van der Waals surface area contributed by atoms with Crippen LogP contribution in [-0.4, -0.2) is 49.6 Å². The molecule has 9 nitrogen and oxygen atoms in total. The molecule has 182 valence electrons. The van der Waals surface area contributed by atoms with Gasteiger partial charge in [-0.05, 0) is 63.1 Å². The van der Waals surface area contributed by atoms with E-state index in [2.05, 4.69) is 10.6 Å². The van der Waals surface area contributed by atoms with Gasteiger partial charge in [0.2, 0.25) is 5.91 Å². The van der Waals surface area contributed by atoms with Crippen LogP contribution in [0.2, 0.25) is 0 Å². The molecule has 1 fully saturated rings. The molecule has 1 aliphatic rings. The molecule has 1 aliphatic heterocycles. The third-order valence-electron chi connectivity index (χ3n) is 5.69. The van der Waals surface area contributed by atoms with Crippen molar-refractivity contribution in [2.75, 3.05) is 26.9 Å². The molecular weight excluding hydrogens is 438 g/mol. The standard InChI is InChI=1S/C25H31N3O6/c1-6-33-20-13-8-17(14-21(20)34-7-2)16(3)26-22(29)15-28-23(30)25(4,27-24(28)31)18-9-11-19(32-5)12-10-18/h8-14,16H,6-7,15H2,1-5H3,(H,26,29)(H,27,31)/t16-,25-/m1/s1. The van der Waals surface area contributed by atoms with Crippen molar-refractivity contribution in [3.8, 4) is 17.2 Å². The van der Waals surface area contributed by atoms with Gasteiger partial charge in [0.05, 0.1) is 26.4 Å². The maximum absolute atomic E-state index is 13.1. The number of ether oxygens (including phenoxy) is 3. The van der Waals surface area contributed by atoms with Crippen LogP contribution in [0.4, 0.5) is 4.79 Å². The molecule has 3 rings (SSSR count). The first kappa shape index (κ1) is 24.9. The number of hydrogen-bond acceptors (Lipinski definition) is 6. The van der Waals surface area contributed by atoms with E-state index in [1.807, 2.05) is 32.9 Å². The topological polar surface area (TPSA) is 106 Å². The number of imide groups is 1. The maximum Gasteiger partial charge on any atom is 0.325 e. The molecule has 4 amide bonds. The normalized spacial score (nSPS) is 18.3. The van der Waals surface area contributed by atoms with E-state index in [0.29, 0.717) is 36.0 Å². The van der Waals surface area contributed by atoms with Gasteiger partial charge >= 0.3 is 6.03 Å².